The number of nitrogens with zero attached hydrogens (tertiary/aromatic N) is 1. The summed E-state index contributed by atoms with van der Waals surface area (Å²) in [4.78, 5) is 3.53. The molecule has 0 aliphatic rings. The molecule has 0 aromatic carbocycles. The van der Waals surface area contributed by atoms with Gasteiger partial charge in [0, 0.05) is 6.54 Å². The van der Waals surface area contributed by atoms with Crippen molar-refractivity contribution < 1.29 is 13.9 Å². The SMILES string of the molecule is Cc1cc(C(F)F)nc(CN)c1O. The van der Waals surface area contributed by atoms with Gasteiger partial charge in [0.15, 0.2) is 0 Å². The van der Waals surface area contributed by atoms with Gasteiger partial charge < -0.3 is 10.8 Å². The second-order valence-electron chi connectivity index (χ2n) is 2.66. The van der Waals surface area contributed by atoms with Crippen molar-refractivity contribution in [3.8, 4) is 5.75 Å². The van der Waals surface area contributed by atoms with Crippen molar-refractivity contribution in [1.29, 1.82) is 0 Å². The first kappa shape index (κ1) is 9.85. The maximum absolute atomic E-state index is 12.2. The van der Waals surface area contributed by atoms with Crippen LogP contribution in [0.15, 0.2) is 6.07 Å². The number of hydrogen-bond donors (Lipinski definition) is 2. The Morgan fingerprint density at radius 1 is 1.62 bits per heavy atom. The molecule has 0 aliphatic heterocycles. The minimum Gasteiger partial charge on any atom is -0.506 e. The van der Waals surface area contributed by atoms with Crippen molar-refractivity contribution >= 4 is 0 Å². The van der Waals surface area contributed by atoms with Gasteiger partial charge in [-0.3, -0.25) is 0 Å². The molecule has 72 valence electrons. The standard InChI is InChI=1S/C8H10F2N2O/c1-4-2-5(8(9)10)12-6(3-11)7(4)13/h2,8,13H,3,11H2,1H3. The first-order valence-electron chi connectivity index (χ1n) is 3.74. The molecule has 0 amide bonds. The number of pyridine rings is 1. The Kier molecular flexibility index (Phi) is 2.77. The number of rotatable bonds is 2. The third-order valence-corrected chi connectivity index (χ3v) is 1.69. The van der Waals surface area contributed by atoms with E-state index < -0.39 is 6.43 Å². The Morgan fingerprint density at radius 3 is 2.69 bits per heavy atom. The summed E-state index contributed by atoms with van der Waals surface area (Å²) < 4.78 is 24.4. The predicted molar refractivity (Wildman–Crippen MR) is 43.5 cm³/mol. The monoisotopic (exact) mass is 188 g/mol. The zero-order valence-electron chi connectivity index (χ0n) is 7.09. The van der Waals surface area contributed by atoms with E-state index in [0.29, 0.717) is 5.56 Å². The number of halogens is 2. The van der Waals surface area contributed by atoms with Crippen molar-refractivity contribution in [2.45, 2.75) is 19.9 Å². The van der Waals surface area contributed by atoms with E-state index in [-0.39, 0.29) is 23.7 Å². The van der Waals surface area contributed by atoms with E-state index in [0.717, 1.165) is 6.07 Å². The molecular weight excluding hydrogens is 178 g/mol. The van der Waals surface area contributed by atoms with Crippen LogP contribution in [0.25, 0.3) is 0 Å². The van der Waals surface area contributed by atoms with Crippen LogP contribution in [0, 0.1) is 6.92 Å². The lowest BCUT2D eigenvalue weighted by Crippen LogP contribution is -2.04. The average Bonchev–Trinajstić information content (AvgIpc) is 2.09. The fourth-order valence-corrected chi connectivity index (χ4v) is 1.01. The van der Waals surface area contributed by atoms with Gasteiger partial charge >= 0.3 is 0 Å². The molecule has 1 heterocycles. The van der Waals surface area contributed by atoms with Gasteiger partial charge in [0.2, 0.25) is 0 Å². The molecule has 0 atom stereocenters. The number of hydrogen-bond acceptors (Lipinski definition) is 3. The van der Waals surface area contributed by atoms with Gasteiger partial charge in [0.05, 0.1) is 5.69 Å². The second kappa shape index (κ2) is 3.66. The van der Waals surface area contributed by atoms with E-state index in [1.54, 1.807) is 0 Å². The third kappa shape index (κ3) is 1.92. The van der Waals surface area contributed by atoms with Crippen molar-refractivity contribution in [2.24, 2.45) is 5.73 Å². The summed E-state index contributed by atoms with van der Waals surface area (Å²) in [5.74, 6) is -0.105. The first-order chi connectivity index (χ1) is 6.06. The predicted octanol–water partition coefficient (Wildman–Crippen LogP) is 1.49. The highest BCUT2D eigenvalue weighted by Crippen LogP contribution is 2.25. The van der Waals surface area contributed by atoms with Gasteiger partial charge in [0.25, 0.3) is 6.43 Å². The molecule has 0 bridgehead atoms. The van der Waals surface area contributed by atoms with Gasteiger partial charge in [-0.1, -0.05) is 0 Å². The van der Waals surface area contributed by atoms with Crippen LogP contribution in [0.2, 0.25) is 0 Å². The minimum atomic E-state index is -2.63. The fourth-order valence-electron chi connectivity index (χ4n) is 1.01. The number of alkyl halides is 2. The molecule has 0 radical (unpaired) electrons. The minimum absolute atomic E-state index is 0.0484. The van der Waals surface area contributed by atoms with Crippen LogP contribution in [0.4, 0.5) is 8.78 Å². The third-order valence-electron chi connectivity index (χ3n) is 1.69. The van der Waals surface area contributed by atoms with E-state index in [1.165, 1.54) is 6.92 Å². The molecule has 0 saturated carbocycles. The number of aromatic hydroxyl groups is 1. The quantitative estimate of drug-likeness (QED) is 0.739. The molecule has 0 unspecified atom stereocenters. The van der Waals surface area contributed by atoms with Crippen molar-refractivity contribution in [3.63, 3.8) is 0 Å². The molecule has 5 heteroatoms. The summed E-state index contributed by atoms with van der Waals surface area (Å²) in [5, 5.41) is 9.32. The topological polar surface area (TPSA) is 59.1 Å². The van der Waals surface area contributed by atoms with Crippen LogP contribution < -0.4 is 5.73 Å². The second-order valence-corrected chi connectivity index (χ2v) is 2.66. The summed E-state index contributed by atoms with van der Waals surface area (Å²) in [6, 6.07) is 1.15. The Morgan fingerprint density at radius 2 is 2.23 bits per heavy atom. The molecule has 0 spiro atoms. The molecule has 3 N–H and O–H groups in total. The zero-order valence-corrected chi connectivity index (χ0v) is 7.09. The maximum atomic E-state index is 12.2. The lowest BCUT2D eigenvalue weighted by atomic mass is 10.2. The smallest absolute Gasteiger partial charge is 0.280 e. The Labute approximate surface area is 74.2 Å². The summed E-state index contributed by atoms with van der Waals surface area (Å²) >= 11 is 0. The highest BCUT2D eigenvalue weighted by atomic mass is 19.3. The molecule has 13 heavy (non-hydrogen) atoms. The molecular formula is C8H10F2N2O. The lowest BCUT2D eigenvalue weighted by molar-refractivity contribution is 0.145. The molecule has 1 aromatic heterocycles. The summed E-state index contributed by atoms with van der Waals surface area (Å²) in [5.41, 5.74) is 5.34. The lowest BCUT2D eigenvalue weighted by Gasteiger charge is -2.07. The van der Waals surface area contributed by atoms with Crippen LogP contribution in [-0.2, 0) is 6.54 Å². The van der Waals surface area contributed by atoms with Crippen LogP contribution in [0.1, 0.15) is 23.4 Å². The van der Waals surface area contributed by atoms with E-state index in [1.807, 2.05) is 0 Å². The Balaban J connectivity index is 3.22. The van der Waals surface area contributed by atoms with Crippen molar-refractivity contribution in [3.05, 3.63) is 23.0 Å². The van der Waals surface area contributed by atoms with Crippen molar-refractivity contribution in [1.82, 2.24) is 4.98 Å². The van der Waals surface area contributed by atoms with E-state index in [4.69, 9.17) is 5.73 Å². The number of aromatic nitrogens is 1. The normalized spacial score (nSPS) is 10.8. The summed E-state index contributed by atoms with van der Waals surface area (Å²) in [7, 11) is 0. The molecule has 1 aromatic rings. The van der Waals surface area contributed by atoms with E-state index >= 15 is 0 Å². The largest absolute Gasteiger partial charge is 0.506 e. The van der Waals surface area contributed by atoms with Gasteiger partial charge in [-0.15, -0.1) is 0 Å². The number of aryl methyl sites for hydroxylation is 1. The summed E-state index contributed by atoms with van der Waals surface area (Å²) in [6.45, 7) is 1.48. The first-order valence-corrected chi connectivity index (χ1v) is 3.74. The van der Waals surface area contributed by atoms with Crippen LogP contribution >= 0.6 is 0 Å². The van der Waals surface area contributed by atoms with Crippen molar-refractivity contribution in [2.75, 3.05) is 0 Å². The highest BCUT2D eigenvalue weighted by Gasteiger charge is 2.13. The number of nitrogens with two attached hydrogens (primary N) is 1. The molecule has 0 saturated heterocycles. The van der Waals surface area contributed by atoms with E-state index in [2.05, 4.69) is 4.98 Å². The van der Waals surface area contributed by atoms with Gasteiger partial charge in [0.1, 0.15) is 11.4 Å². The zero-order chi connectivity index (χ0) is 10.0. The molecule has 1 rings (SSSR count). The van der Waals surface area contributed by atoms with Crippen LogP contribution in [0.5, 0.6) is 5.75 Å². The van der Waals surface area contributed by atoms with Crippen LogP contribution in [0.3, 0.4) is 0 Å². The molecule has 0 fully saturated rings. The molecule has 0 aliphatic carbocycles. The van der Waals surface area contributed by atoms with Crippen LogP contribution in [-0.4, -0.2) is 10.1 Å². The van der Waals surface area contributed by atoms with Gasteiger partial charge in [-0.2, -0.15) is 0 Å². The Hall–Kier alpha value is -1.23. The molecule has 3 nitrogen and oxygen atoms in total. The fraction of sp³-hybridized carbons (Fsp3) is 0.375. The van der Waals surface area contributed by atoms with Gasteiger partial charge in [-0.05, 0) is 18.6 Å². The Bertz CT molecular complexity index is 315. The maximum Gasteiger partial charge on any atom is 0.280 e. The summed E-state index contributed by atoms with van der Waals surface area (Å²) in [6.07, 6.45) is -2.63. The van der Waals surface area contributed by atoms with E-state index in [9.17, 15) is 13.9 Å². The average molecular weight is 188 g/mol. The highest BCUT2D eigenvalue weighted by molar-refractivity contribution is 5.36. The van der Waals surface area contributed by atoms with Gasteiger partial charge in [-0.25, -0.2) is 13.8 Å².